The van der Waals surface area contributed by atoms with E-state index in [1.807, 2.05) is 0 Å². The Labute approximate surface area is 108 Å². The maximum absolute atomic E-state index is 12.2. The van der Waals surface area contributed by atoms with Crippen LogP contribution in [0.1, 0.15) is 39.5 Å². The summed E-state index contributed by atoms with van der Waals surface area (Å²) in [7, 11) is 0. The van der Waals surface area contributed by atoms with E-state index in [0.29, 0.717) is 12.3 Å². The average Bonchev–Trinajstić information content (AvgIpc) is 2.74. The predicted octanol–water partition coefficient (Wildman–Crippen LogP) is 2.29. The number of carbonyl (C=O) groups is 1. The Morgan fingerprint density at radius 3 is 2.72 bits per heavy atom. The third-order valence-corrected chi connectivity index (χ3v) is 6.04. The Morgan fingerprint density at radius 2 is 2.17 bits per heavy atom. The minimum atomic E-state index is -0.808. The number of aliphatic hydroxyl groups is 1. The van der Waals surface area contributed by atoms with Crippen molar-refractivity contribution in [3.63, 3.8) is 0 Å². The third-order valence-electron chi connectivity index (χ3n) is 6.04. The molecular weight excluding hydrogens is 228 g/mol. The lowest BCUT2D eigenvalue weighted by Crippen LogP contribution is -2.40. The Balaban J connectivity index is 2.06. The standard InChI is InChI=1S/C15H22O3/c1-9-5-4-6-11-12(16)15(8-14(9,11)3)10(2)7-18-13(15)17/h9,11-12,16H,2,4-8H2,1,3H3. The zero-order valence-corrected chi connectivity index (χ0v) is 11.2. The highest BCUT2D eigenvalue weighted by molar-refractivity contribution is 5.85. The third kappa shape index (κ3) is 1.21. The number of cyclic esters (lactones) is 1. The van der Waals surface area contributed by atoms with Gasteiger partial charge in [-0.05, 0) is 35.7 Å². The Morgan fingerprint density at radius 1 is 1.44 bits per heavy atom. The first-order valence-corrected chi connectivity index (χ1v) is 6.96. The molecular formula is C15H22O3. The molecule has 1 spiro atoms. The number of hydrogen-bond donors (Lipinski definition) is 1. The summed E-state index contributed by atoms with van der Waals surface area (Å²) in [5, 5.41) is 10.7. The number of fused-ring (bicyclic) bond motifs is 1. The molecule has 3 heteroatoms. The first kappa shape index (κ1) is 12.2. The Bertz CT molecular complexity index is 398. The van der Waals surface area contributed by atoms with Gasteiger partial charge < -0.3 is 9.84 Å². The molecule has 100 valence electrons. The van der Waals surface area contributed by atoms with Crippen molar-refractivity contribution in [2.45, 2.75) is 45.6 Å². The molecule has 2 aliphatic carbocycles. The number of esters is 1. The molecule has 3 rings (SSSR count). The van der Waals surface area contributed by atoms with Crippen molar-refractivity contribution in [3.05, 3.63) is 12.2 Å². The van der Waals surface area contributed by atoms with Crippen LogP contribution in [-0.4, -0.2) is 23.8 Å². The van der Waals surface area contributed by atoms with Gasteiger partial charge in [-0.1, -0.05) is 33.3 Å². The summed E-state index contributed by atoms with van der Waals surface area (Å²) < 4.78 is 5.16. The van der Waals surface area contributed by atoms with Crippen LogP contribution >= 0.6 is 0 Å². The van der Waals surface area contributed by atoms with E-state index >= 15 is 0 Å². The van der Waals surface area contributed by atoms with Crippen molar-refractivity contribution in [1.29, 1.82) is 0 Å². The van der Waals surface area contributed by atoms with Crippen molar-refractivity contribution in [3.8, 4) is 0 Å². The van der Waals surface area contributed by atoms with Gasteiger partial charge in [0.1, 0.15) is 12.0 Å². The van der Waals surface area contributed by atoms with Gasteiger partial charge in [-0.15, -0.1) is 0 Å². The highest BCUT2D eigenvalue weighted by atomic mass is 16.5. The lowest BCUT2D eigenvalue weighted by Gasteiger charge is -2.42. The lowest BCUT2D eigenvalue weighted by molar-refractivity contribution is -0.150. The van der Waals surface area contributed by atoms with Crippen LogP contribution in [0.3, 0.4) is 0 Å². The molecule has 0 aromatic carbocycles. The van der Waals surface area contributed by atoms with Gasteiger partial charge in [0, 0.05) is 0 Å². The smallest absolute Gasteiger partial charge is 0.319 e. The van der Waals surface area contributed by atoms with Crippen LogP contribution in [-0.2, 0) is 9.53 Å². The van der Waals surface area contributed by atoms with Crippen molar-refractivity contribution < 1.29 is 14.6 Å². The van der Waals surface area contributed by atoms with Crippen LogP contribution in [0.25, 0.3) is 0 Å². The van der Waals surface area contributed by atoms with E-state index in [-0.39, 0.29) is 23.9 Å². The molecule has 0 aromatic heterocycles. The molecule has 0 bridgehead atoms. The van der Waals surface area contributed by atoms with Gasteiger partial charge in [0.2, 0.25) is 0 Å². The fraction of sp³-hybridized carbons (Fsp3) is 0.800. The Hall–Kier alpha value is -0.830. The second-order valence-electron chi connectivity index (χ2n) is 6.72. The number of hydrogen-bond acceptors (Lipinski definition) is 3. The van der Waals surface area contributed by atoms with E-state index in [1.54, 1.807) is 0 Å². The highest BCUT2D eigenvalue weighted by Gasteiger charge is 2.67. The quantitative estimate of drug-likeness (QED) is 0.530. The van der Waals surface area contributed by atoms with Crippen LogP contribution in [0.15, 0.2) is 12.2 Å². The lowest BCUT2D eigenvalue weighted by atomic mass is 9.63. The number of carbonyl (C=O) groups excluding carboxylic acids is 1. The van der Waals surface area contributed by atoms with Crippen molar-refractivity contribution in [2.24, 2.45) is 22.7 Å². The van der Waals surface area contributed by atoms with Crippen LogP contribution < -0.4 is 0 Å². The van der Waals surface area contributed by atoms with Gasteiger partial charge in [-0.3, -0.25) is 4.79 Å². The zero-order valence-electron chi connectivity index (χ0n) is 11.2. The van der Waals surface area contributed by atoms with E-state index in [0.717, 1.165) is 18.4 Å². The van der Waals surface area contributed by atoms with Crippen LogP contribution in [0.4, 0.5) is 0 Å². The Kier molecular flexibility index (Phi) is 2.44. The molecule has 0 amide bonds. The van der Waals surface area contributed by atoms with Crippen LogP contribution in [0.2, 0.25) is 0 Å². The second kappa shape index (κ2) is 3.60. The van der Waals surface area contributed by atoms with Crippen LogP contribution in [0.5, 0.6) is 0 Å². The average molecular weight is 250 g/mol. The summed E-state index contributed by atoms with van der Waals surface area (Å²) in [6.07, 6.45) is 3.47. The molecule has 5 atom stereocenters. The maximum atomic E-state index is 12.2. The van der Waals surface area contributed by atoms with E-state index in [2.05, 4.69) is 20.4 Å². The molecule has 1 heterocycles. The van der Waals surface area contributed by atoms with Gasteiger partial charge in [0.05, 0.1) is 6.10 Å². The molecule has 2 saturated carbocycles. The highest BCUT2D eigenvalue weighted by Crippen LogP contribution is 2.64. The van der Waals surface area contributed by atoms with Gasteiger partial charge in [-0.25, -0.2) is 0 Å². The van der Waals surface area contributed by atoms with E-state index in [9.17, 15) is 9.90 Å². The largest absolute Gasteiger partial charge is 0.460 e. The van der Waals surface area contributed by atoms with Crippen molar-refractivity contribution in [1.82, 2.24) is 0 Å². The van der Waals surface area contributed by atoms with Crippen molar-refractivity contribution >= 4 is 5.97 Å². The fourth-order valence-electron chi connectivity index (χ4n) is 4.62. The first-order valence-electron chi connectivity index (χ1n) is 6.96. The predicted molar refractivity (Wildman–Crippen MR) is 67.8 cm³/mol. The van der Waals surface area contributed by atoms with Gasteiger partial charge in [0.25, 0.3) is 0 Å². The van der Waals surface area contributed by atoms with Gasteiger partial charge in [-0.2, -0.15) is 0 Å². The van der Waals surface area contributed by atoms with Crippen molar-refractivity contribution in [2.75, 3.05) is 6.61 Å². The molecule has 1 N–H and O–H groups in total. The fourth-order valence-corrected chi connectivity index (χ4v) is 4.62. The zero-order chi connectivity index (χ0) is 13.1. The normalized spacial score (nSPS) is 51.6. The molecule has 1 saturated heterocycles. The van der Waals surface area contributed by atoms with Crippen LogP contribution in [0, 0.1) is 22.7 Å². The van der Waals surface area contributed by atoms with E-state index in [1.165, 1.54) is 6.42 Å². The van der Waals surface area contributed by atoms with E-state index < -0.39 is 11.5 Å². The topological polar surface area (TPSA) is 46.5 Å². The molecule has 3 fully saturated rings. The second-order valence-corrected chi connectivity index (χ2v) is 6.72. The van der Waals surface area contributed by atoms with Gasteiger partial charge in [0.15, 0.2) is 0 Å². The van der Waals surface area contributed by atoms with E-state index in [4.69, 9.17) is 4.74 Å². The first-order chi connectivity index (χ1) is 8.43. The monoisotopic (exact) mass is 250 g/mol. The molecule has 5 unspecified atom stereocenters. The molecule has 18 heavy (non-hydrogen) atoms. The van der Waals surface area contributed by atoms with Gasteiger partial charge >= 0.3 is 5.97 Å². The molecule has 0 aromatic rings. The molecule has 3 nitrogen and oxygen atoms in total. The maximum Gasteiger partial charge on any atom is 0.319 e. The minimum Gasteiger partial charge on any atom is -0.460 e. The number of ether oxygens (including phenoxy) is 1. The summed E-state index contributed by atoms with van der Waals surface area (Å²) >= 11 is 0. The summed E-state index contributed by atoms with van der Waals surface area (Å²) in [5.74, 6) is 0.512. The summed E-state index contributed by atoms with van der Waals surface area (Å²) in [6.45, 7) is 8.77. The molecule has 1 aliphatic heterocycles. The number of aliphatic hydroxyl groups excluding tert-OH is 1. The summed E-state index contributed by atoms with van der Waals surface area (Å²) in [4.78, 5) is 12.2. The summed E-state index contributed by atoms with van der Waals surface area (Å²) in [5.41, 5.74) is 0.0185. The minimum absolute atomic E-state index is 0.0456. The molecule has 0 radical (unpaired) electrons. The summed E-state index contributed by atoms with van der Waals surface area (Å²) in [6, 6.07) is 0. The number of rotatable bonds is 0. The SMILES string of the molecule is C=C1COC(=O)C12CC1(C)C(C)CCCC1C2O. The molecule has 3 aliphatic rings.